The number of hydrogen-bond acceptors (Lipinski definition) is 7. The van der Waals surface area contributed by atoms with Crippen molar-refractivity contribution in [3.63, 3.8) is 0 Å². The van der Waals surface area contributed by atoms with Crippen molar-refractivity contribution < 1.29 is 42.4 Å². The molecule has 3 atom stereocenters. The Morgan fingerprint density at radius 3 is 2.27 bits per heavy atom. The number of nitrogens with one attached hydrogen (secondary N) is 1. The van der Waals surface area contributed by atoms with Crippen LogP contribution in [0.15, 0.2) is 48.5 Å². The van der Waals surface area contributed by atoms with Gasteiger partial charge in [0.25, 0.3) is 0 Å². The number of carboxylic acids is 1. The number of ether oxygens (including phenoxy) is 4. The molecule has 0 bridgehead atoms. The predicted octanol–water partition coefficient (Wildman–Crippen LogP) is 5.32. The molecular formula is C33H36F2N2O7. The first-order chi connectivity index (χ1) is 21.2. The van der Waals surface area contributed by atoms with Crippen molar-refractivity contribution in [1.29, 1.82) is 0 Å². The first kappa shape index (κ1) is 31.2. The van der Waals surface area contributed by atoms with Crippen molar-refractivity contribution in [3.05, 3.63) is 82.4 Å². The molecule has 11 heteroatoms. The lowest BCUT2D eigenvalue weighted by molar-refractivity contribution is -0.143. The topological polar surface area (TPSA) is 107 Å². The van der Waals surface area contributed by atoms with Gasteiger partial charge in [0.15, 0.2) is 11.5 Å². The molecule has 1 saturated heterocycles. The molecule has 2 N–H and O–H groups in total. The summed E-state index contributed by atoms with van der Waals surface area (Å²) in [5.41, 5.74) is 2.71. The van der Waals surface area contributed by atoms with Gasteiger partial charge in [-0.2, -0.15) is 0 Å². The Bertz CT molecular complexity index is 1490. The van der Waals surface area contributed by atoms with Gasteiger partial charge in [0.05, 0.1) is 19.1 Å². The number of aliphatic carboxylic acids is 1. The van der Waals surface area contributed by atoms with Crippen molar-refractivity contribution >= 4 is 17.6 Å². The molecule has 9 nitrogen and oxygen atoms in total. The van der Waals surface area contributed by atoms with Crippen molar-refractivity contribution in [3.8, 4) is 17.2 Å². The highest BCUT2D eigenvalue weighted by atomic mass is 19.1. The third kappa shape index (κ3) is 6.48. The number of halogens is 2. The highest BCUT2D eigenvalue weighted by Gasteiger charge is 2.49. The first-order valence-electron chi connectivity index (χ1n) is 14.6. The molecular weight excluding hydrogens is 574 g/mol. The molecule has 0 unspecified atom stereocenters. The minimum atomic E-state index is -1.12. The van der Waals surface area contributed by atoms with E-state index in [1.165, 1.54) is 24.3 Å². The average Bonchev–Trinajstić information content (AvgIpc) is 3.61. The fourth-order valence-electron chi connectivity index (χ4n) is 6.13. The third-order valence-corrected chi connectivity index (χ3v) is 8.19. The molecule has 0 spiro atoms. The van der Waals surface area contributed by atoms with Gasteiger partial charge < -0.3 is 29.4 Å². The number of hydrogen-bond donors (Lipinski definition) is 2. The molecule has 0 radical (unpaired) electrons. The van der Waals surface area contributed by atoms with Gasteiger partial charge >= 0.3 is 5.97 Å². The fraction of sp³-hybridized carbons (Fsp3) is 0.394. The van der Waals surface area contributed by atoms with Crippen LogP contribution in [0.4, 0.5) is 14.5 Å². The summed E-state index contributed by atoms with van der Waals surface area (Å²) in [6.45, 7) is 4.37. The van der Waals surface area contributed by atoms with Crippen LogP contribution in [0, 0.1) is 17.6 Å². The SMILES string of the molecule is CCc1cc(F)cc(CC)c1NC(=O)CN1C[C@H](c2cc3c(cc2F)OCO3)[C@@H](C(=O)O)[C@@H]1c1ccc(OCCOC)cc1. The molecule has 0 aromatic heterocycles. The minimum absolute atomic E-state index is 0.0537. The number of nitrogens with zero attached hydrogens (tertiary/aromatic N) is 1. The smallest absolute Gasteiger partial charge is 0.309 e. The highest BCUT2D eigenvalue weighted by Crippen LogP contribution is 2.48. The van der Waals surface area contributed by atoms with Gasteiger partial charge in [-0.15, -0.1) is 0 Å². The summed E-state index contributed by atoms with van der Waals surface area (Å²) in [4.78, 5) is 28.2. The highest BCUT2D eigenvalue weighted by molar-refractivity contribution is 5.94. The maximum absolute atomic E-state index is 15.5. The van der Waals surface area contributed by atoms with Crippen molar-refractivity contribution in [2.24, 2.45) is 5.92 Å². The van der Waals surface area contributed by atoms with E-state index in [9.17, 15) is 19.1 Å². The van der Waals surface area contributed by atoms with Gasteiger partial charge in [-0.25, -0.2) is 8.78 Å². The second-order valence-corrected chi connectivity index (χ2v) is 10.8. The van der Waals surface area contributed by atoms with Crippen LogP contribution in [-0.4, -0.2) is 62.1 Å². The third-order valence-electron chi connectivity index (χ3n) is 8.19. The number of methoxy groups -OCH3 is 1. The van der Waals surface area contributed by atoms with Gasteiger partial charge in [0, 0.05) is 37.4 Å². The van der Waals surface area contributed by atoms with Crippen LogP contribution in [-0.2, 0) is 27.2 Å². The molecule has 3 aromatic carbocycles. The predicted molar refractivity (Wildman–Crippen MR) is 158 cm³/mol. The van der Waals surface area contributed by atoms with E-state index in [0.717, 1.165) is 0 Å². The standard InChI is InChI=1S/C33H36F2N2O7/c1-4-19-12-22(34)13-20(5-2)31(19)36-29(38)17-37-16-25(24-14-27-28(15-26(24)35)44-18-43-27)30(33(39)40)32(37)21-6-8-23(9-7-21)42-11-10-41-3/h6-9,12-15,25,30,32H,4-5,10-11,16-18H2,1-3H3,(H,36,38)(H,39,40)/t25-,30-,32+/m1/s1. The number of rotatable bonds is 12. The molecule has 234 valence electrons. The molecule has 5 rings (SSSR count). The maximum atomic E-state index is 15.5. The summed E-state index contributed by atoms with van der Waals surface area (Å²) in [5.74, 6) is -3.22. The number of aryl methyl sites for hydroxylation is 2. The molecule has 1 fully saturated rings. The molecule has 0 aliphatic carbocycles. The number of carboxylic acid groups (broad SMARTS) is 1. The number of amides is 1. The molecule has 0 saturated carbocycles. The summed E-state index contributed by atoms with van der Waals surface area (Å²) < 4.78 is 51.1. The number of fused-ring (bicyclic) bond motifs is 1. The van der Waals surface area contributed by atoms with Crippen LogP contribution in [0.5, 0.6) is 17.2 Å². The lowest BCUT2D eigenvalue weighted by Crippen LogP contribution is -2.35. The molecule has 44 heavy (non-hydrogen) atoms. The monoisotopic (exact) mass is 610 g/mol. The molecule has 3 aromatic rings. The molecule has 2 aliphatic rings. The van der Waals surface area contributed by atoms with E-state index in [4.69, 9.17) is 18.9 Å². The summed E-state index contributed by atoms with van der Waals surface area (Å²) >= 11 is 0. The van der Waals surface area contributed by atoms with Crippen LogP contribution in [0.25, 0.3) is 0 Å². The van der Waals surface area contributed by atoms with Gasteiger partial charge in [0.1, 0.15) is 24.0 Å². The Kier molecular flexibility index (Phi) is 9.65. The largest absolute Gasteiger partial charge is 0.491 e. The first-order valence-corrected chi connectivity index (χ1v) is 14.6. The van der Waals surface area contributed by atoms with Crippen LogP contribution in [0.2, 0.25) is 0 Å². The van der Waals surface area contributed by atoms with Crippen LogP contribution in [0.3, 0.4) is 0 Å². The summed E-state index contributed by atoms with van der Waals surface area (Å²) in [5, 5.41) is 13.5. The Morgan fingerprint density at radius 2 is 1.66 bits per heavy atom. The van der Waals surface area contributed by atoms with Gasteiger partial charge in [-0.05, 0) is 65.4 Å². The zero-order valence-corrected chi connectivity index (χ0v) is 24.9. The van der Waals surface area contributed by atoms with E-state index in [2.05, 4.69) is 5.32 Å². The zero-order chi connectivity index (χ0) is 31.4. The van der Waals surface area contributed by atoms with Gasteiger partial charge in [-0.1, -0.05) is 26.0 Å². The second kappa shape index (κ2) is 13.6. The molecule has 2 heterocycles. The van der Waals surface area contributed by atoms with Crippen molar-refractivity contribution in [2.45, 2.75) is 38.6 Å². The van der Waals surface area contributed by atoms with E-state index in [1.54, 1.807) is 36.3 Å². The van der Waals surface area contributed by atoms with E-state index in [1.807, 2.05) is 13.8 Å². The lowest BCUT2D eigenvalue weighted by atomic mass is 9.82. The molecule has 1 amide bonds. The van der Waals surface area contributed by atoms with E-state index >= 15 is 4.39 Å². The normalized spacial score (nSPS) is 19.2. The van der Waals surface area contributed by atoms with Crippen LogP contribution >= 0.6 is 0 Å². The van der Waals surface area contributed by atoms with Crippen LogP contribution in [0.1, 0.15) is 48.1 Å². The average molecular weight is 611 g/mol. The second-order valence-electron chi connectivity index (χ2n) is 10.8. The number of carbonyl (C=O) groups excluding carboxylic acids is 1. The lowest BCUT2D eigenvalue weighted by Gasteiger charge is -2.27. The number of likely N-dealkylation sites (tertiary alicyclic amines) is 1. The van der Waals surface area contributed by atoms with Crippen LogP contribution < -0.4 is 19.5 Å². The summed E-state index contributed by atoms with van der Waals surface area (Å²) in [7, 11) is 1.57. The van der Waals surface area contributed by atoms with E-state index in [0.29, 0.717) is 59.9 Å². The molecule has 2 aliphatic heterocycles. The summed E-state index contributed by atoms with van der Waals surface area (Å²) in [6, 6.07) is 11.7. The zero-order valence-electron chi connectivity index (χ0n) is 24.9. The maximum Gasteiger partial charge on any atom is 0.309 e. The number of anilines is 1. The fourth-order valence-corrected chi connectivity index (χ4v) is 6.13. The van der Waals surface area contributed by atoms with Gasteiger partial charge in [-0.3, -0.25) is 14.5 Å². The Morgan fingerprint density at radius 1 is 1.00 bits per heavy atom. The minimum Gasteiger partial charge on any atom is -0.491 e. The number of carbonyl (C=O) groups is 2. The Labute approximate surface area is 254 Å². The Balaban J connectivity index is 1.49. The summed E-state index contributed by atoms with van der Waals surface area (Å²) in [6.07, 6.45) is 1.02. The van der Waals surface area contributed by atoms with Gasteiger partial charge in [0.2, 0.25) is 12.7 Å². The van der Waals surface area contributed by atoms with E-state index < -0.39 is 29.7 Å². The Hall–Kier alpha value is -4.22. The van der Waals surface area contributed by atoms with Crippen molar-refractivity contribution in [1.82, 2.24) is 4.90 Å². The van der Waals surface area contributed by atoms with E-state index in [-0.39, 0.29) is 42.9 Å². The number of benzene rings is 3. The van der Waals surface area contributed by atoms with Crippen molar-refractivity contribution in [2.75, 3.05) is 45.5 Å². The quantitative estimate of drug-likeness (QED) is 0.266.